The van der Waals surface area contributed by atoms with Crippen molar-refractivity contribution in [2.45, 2.75) is 77.4 Å². The topological polar surface area (TPSA) is 40.5 Å². The number of rotatable bonds is 9. The highest BCUT2D eigenvalue weighted by Gasteiger charge is 2.04. The Morgan fingerprint density at radius 1 is 0.786 bits per heavy atom. The second-order valence-electron chi connectivity index (χ2n) is 4.14. The monoisotopic (exact) mass is 202 g/mol. The van der Waals surface area contributed by atoms with E-state index in [-0.39, 0.29) is 12.2 Å². The maximum Gasteiger partial charge on any atom is 0.0540 e. The van der Waals surface area contributed by atoms with Crippen LogP contribution in [0, 0.1) is 0 Å². The van der Waals surface area contributed by atoms with E-state index in [2.05, 4.69) is 6.92 Å². The van der Waals surface area contributed by atoms with Gasteiger partial charge in [0.2, 0.25) is 0 Å². The molecule has 0 rings (SSSR count). The van der Waals surface area contributed by atoms with Gasteiger partial charge in [0.1, 0.15) is 0 Å². The van der Waals surface area contributed by atoms with Crippen molar-refractivity contribution in [1.82, 2.24) is 0 Å². The molecule has 0 aromatic rings. The highest BCUT2D eigenvalue weighted by atomic mass is 16.3. The summed E-state index contributed by atoms with van der Waals surface area (Å²) in [6.07, 6.45) is 7.68. The van der Waals surface area contributed by atoms with Crippen molar-refractivity contribution in [3.05, 3.63) is 0 Å². The third kappa shape index (κ3) is 8.52. The van der Waals surface area contributed by atoms with Crippen molar-refractivity contribution in [2.24, 2.45) is 0 Å². The molecule has 2 unspecified atom stereocenters. The minimum atomic E-state index is -0.136. The predicted molar refractivity (Wildman–Crippen MR) is 60.3 cm³/mol. The van der Waals surface area contributed by atoms with Gasteiger partial charge in [-0.3, -0.25) is 0 Å². The summed E-state index contributed by atoms with van der Waals surface area (Å²) in [6, 6.07) is 0. The Labute approximate surface area is 88.3 Å². The molecule has 0 spiro atoms. The summed E-state index contributed by atoms with van der Waals surface area (Å²) >= 11 is 0. The first kappa shape index (κ1) is 13.9. The molecule has 0 aliphatic rings. The molecule has 0 heterocycles. The van der Waals surface area contributed by atoms with Crippen molar-refractivity contribution in [1.29, 1.82) is 0 Å². The summed E-state index contributed by atoms with van der Waals surface area (Å²) in [4.78, 5) is 0. The van der Waals surface area contributed by atoms with E-state index in [0.29, 0.717) is 0 Å². The quantitative estimate of drug-likeness (QED) is 0.564. The van der Waals surface area contributed by atoms with Crippen LogP contribution in [-0.4, -0.2) is 22.4 Å². The highest BCUT2D eigenvalue weighted by molar-refractivity contribution is 4.58. The first-order valence-corrected chi connectivity index (χ1v) is 6.06. The summed E-state index contributed by atoms with van der Waals surface area (Å²) in [5.41, 5.74) is 0. The maximum atomic E-state index is 9.54. The van der Waals surface area contributed by atoms with Crippen LogP contribution in [0.2, 0.25) is 0 Å². The van der Waals surface area contributed by atoms with Crippen LogP contribution >= 0.6 is 0 Å². The van der Waals surface area contributed by atoms with E-state index < -0.39 is 0 Å². The van der Waals surface area contributed by atoms with Gasteiger partial charge in [0, 0.05) is 0 Å². The molecule has 2 nitrogen and oxygen atoms in total. The van der Waals surface area contributed by atoms with Gasteiger partial charge in [-0.25, -0.2) is 0 Å². The van der Waals surface area contributed by atoms with E-state index in [1.54, 1.807) is 0 Å². The van der Waals surface area contributed by atoms with Crippen LogP contribution in [0.15, 0.2) is 0 Å². The molecule has 0 aliphatic carbocycles. The lowest BCUT2D eigenvalue weighted by atomic mass is 10.0. The average Bonchev–Trinajstić information content (AvgIpc) is 2.21. The molecule has 0 radical (unpaired) electrons. The Morgan fingerprint density at radius 2 is 1.29 bits per heavy atom. The molecule has 0 aromatic carbocycles. The second-order valence-corrected chi connectivity index (χ2v) is 4.14. The SMILES string of the molecule is CCCCC(O)CCCCC(O)CC. The van der Waals surface area contributed by atoms with Crippen LogP contribution in [0.3, 0.4) is 0 Å². The van der Waals surface area contributed by atoms with Crippen LogP contribution in [0.25, 0.3) is 0 Å². The molecule has 86 valence electrons. The van der Waals surface area contributed by atoms with Crippen molar-refractivity contribution < 1.29 is 10.2 Å². The van der Waals surface area contributed by atoms with Crippen molar-refractivity contribution in [3.8, 4) is 0 Å². The maximum absolute atomic E-state index is 9.54. The van der Waals surface area contributed by atoms with E-state index in [1.165, 1.54) is 0 Å². The first-order valence-electron chi connectivity index (χ1n) is 6.06. The molecule has 2 atom stereocenters. The largest absolute Gasteiger partial charge is 0.393 e. The van der Waals surface area contributed by atoms with Gasteiger partial charge in [0.15, 0.2) is 0 Å². The Kier molecular flexibility index (Phi) is 9.42. The number of hydrogen-bond donors (Lipinski definition) is 2. The fourth-order valence-corrected chi connectivity index (χ4v) is 1.55. The zero-order chi connectivity index (χ0) is 10.8. The molecule has 0 aliphatic heterocycles. The Hall–Kier alpha value is -0.0800. The zero-order valence-corrected chi connectivity index (χ0v) is 9.71. The van der Waals surface area contributed by atoms with Crippen molar-refractivity contribution >= 4 is 0 Å². The lowest BCUT2D eigenvalue weighted by molar-refractivity contribution is 0.136. The minimum absolute atomic E-state index is 0.117. The van der Waals surface area contributed by atoms with E-state index in [9.17, 15) is 10.2 Å². The van der Waals surface area contributed by atoms with Crippen molar-refractivity contribution in [3.63, 3.8) is 0 Å². The zero-order valence-electron chi connectivity index (χ0n) is 9.71. The number of aliphatic hydroxyl groups excluding tert-OH is 2. The fourth-order valence-electron chi connectivity index (χ4n) is 1.55. The molecule has 0 amide bonds. The van der Waals surface area contributed by atoms with E-state index >= 15 is 0 Å². The molecule has 14 heavy (non-hydrogen) atoms. The number of unbranched alkanes of at least 4 members (excludes halogenated alkanes) is 2. The predicted octanol–water partition coefficient (Wildman–Crippen LogP) is 2.87. The van der Waals surface area contributed by atoms with Gasteiger partial charge in [-0.2, -0.15) is 0 Å². The van der Waals surface area contributed by atoms with Crippen LogP contribution in [-0.2, 0) is 0 Å². The smallest absolute Gasteiger partial charge is 0.0540 e. The van der Waals surface area contributed by atoms with Gasteiger partial charge in [0.05, 0.1) is 12.2 Å². The molecule has 0 fully saturated rings. The Balaban J connectivity index is 3.18. The van der Waals surface area contributed by atoms with Gasteiger partial charge < -0.3 is 10.2 Å². The molecular formula is C12H26O2. The summed E-state index contributed by atoms with van der Waals surface area (Å²) in [5, 5.41) is 18.8. The second kappa shape index (κ2) is 9.47. The molecule has 2 N–H and O–H groups in total. The standard InChI is InChI=1S/C12H26O2/c1-3-5-8-12(14)10-7-6-9-11(13)4-2/h11-14H,3-10H2,1-2H3. The van der Waals surface area contributed by atoms with Gasteiger partial charge in [-0.05, 0) is 25.7 Å². The summed E-state index contributed by atoms with van der Waals surface area (Å²) in [6.45, 7) is 4.14. The van der Waals surface area contributed by atoms with E-state index in [0.717, 1.165) is 51.4 Å². The highest BCUT2D eigenvalue weighted by Crippen LogP contribution is 2.11. The third-order valence-corrected chi connectivity index (χ3v) is 2.69. The minimum Gasteiger partial charge on any atom is -0.393 e. The van der Waals surface area contributed by atoms with Crippen LogP contribution < -0.4 is 0 Å². The van der Waals surface area contributed by atoms with Crippen LogP contribution in [0.1, 0.15) is 65.2 Å². The number of aliphatic hydroxyl groups is 2. The van der Waals surface area contributed by atoms with Gasteiger partial charge >= 0.3 is 0 Å². The van der Waals surface area contributed by atoms with Crippen LogP contribution in [0.5, 0.6) is 0 Å². The first-order chi connectivity index (χ1) is 6.70. The fraction of sp³-hybridized carbons (Fsp3) is 1.00. The lowest BCUT2D eigenvalue weighted by Crippen LogP contribution is -2.07. The molecule has 0 aromatic heterocycles. The Bertz CT molecular complexity index is 115. The molecule has 0 saturated carbocycles. The summed E-state index contributed by atoms with van der Waals surface area (Å²) < 4.78 is 0. The average molecular weight is 202 g/mol. The lowest BCUT2D eigenvalue weighted by Gasteiger charge is -2.10. The Morgan fingerprint density at radius 3 is 1.79 bits per heavy atom. The van der Waals surface area contributed by atoms with E-state index in [1.807, 2.05) is 6.92 Å². The summed E-state index contributed by atoms with van der Waals surface area (Å²) in [7, 11) is 0. The normalized spacial score (nSPS) is 15.4. The molecule has 0 bridgehead atoms. The van der Waals surface area contributed by atoms with Crippen LogP contribution in [0.4, 0.5) is 0 Å². The van der Waals surface area contributed by atoms with Gasteiger partial charge in [0.25, 0.3) is 0 Å². The molecule has 0 saturated heterocycles. The van der Waals surface area contributed by atoms with Crippen molar-refractivity contribution in [2.75, 3.05) is 0 Å². The van der Waals surface area contributed by atoms with Gasteiger partial charge in [-0.15, -0.1) is 0 Å². The molecule has 2 heteroatoms. The number of hydrogen-bond acceptors (Lipinski definition) is 2. The van der Waals surface area contributed by atoms with Gasteiger partial charge in [-0.1, -0.05) is 39.5 Å². The molecular weight excluding hydrogens is 176 g/mol. The third-order valence-electron chi connectivity index (χ3n) is 2.69. The van der Waals surface area contributed by atoms with E-state index in [4.69, 9.17) is 0 Å². The summed E-state index contributed by atoms with van der Waals surface area (Å²) in [5.74, 6) is 0.